The number of nitrogens with zero attached hydrogens (tertiary/aromatic N) is 5. The van der Waals surface area contributed by atoms with Crippen LogP contribution in [0, 0.1) is 10.7 Å². The van der Waals surface area contributed by atoms with Crippen molar-refractivity contribution in [2.24, 2.45) is 5.92 Å². The molecule has 0 amide bonds. The lowest BCUT2D eigenvalue weighted by Crippen LogP contribution is -2.29. The highest BCUT2D eigenvalue weighted by Crippen LogP contribution is 2.29. The normalized spacial score (nSPS) is 14.7. The van der Waals surface area contributed by atoms with Gasteiger partial charge >= 0.3 is 0 Å². The molecular formula is C19H25N5OS. The Morgan fingerprint density at radius 3 is 2.73 bits per heavy atom. The van der Waals surface area contributed by atoms with Crippen molar-refractivity contribution < 1.29 is 0 Å². The Hall–Kier alpha value is -1.99. The molecule has 2 aromatic heterocycles. The molecule has 138 valence electrons. The molecule has 0 N–H and O–H groups in total. The van der Waals surface area contributed by atoms with Crippen LogP contribution in [0.2, 0.25) is 0 Å². The van der Waals surface area contributed by atoms with Crippen molar-refractivity contribution in [2.45, 2.75) is 46.3 Å². The van der Waals surface area contributed by atoms with Gasteiger partial charge in [-0.05, 0) is 56.1 Å². The predicted molar refractivity (Wildman–Crippen MR) is 106 cm³/mol. The minimum Gasteiger partial charge on any atom is -0.284 e. The highest BCUT2D eigenvalue weighted by molar-refractivity contribution is 7.71. The molecule has 7 heteroatoms. The average molecular weight is 372 g/mol. The fourth-order valence-electron chi connectivity index (χ4n) is 3.53. The standard InChI is InChI=1S/C19H25N5OS/c1-3-11-22-17(25)15-7-5-6-8-16(15)24-18(22)20-23(19(24)26)13-21(4-2)12-14-9-10-14/h5-8,14H,3-4,9-13H2,1-2H3. The van der Waals surface area contributed by atoms with Gasteiger partial charge in [0.15, 0.2) is 0 Å². The fourth-order valence-corrected chi connectivity index (χ4v) is 3.81. The van der Waals surface area contributed by atoms with E-state index in [0.29, 0.717) is 29.1 Å². The molecule has 1 aliphatic carbocycles. The number of hydrogen-bond donors (Lipinski definition) is 0. The summed E-state index contributed by atoms with van der Waals surface area (Å²) in [6, 6.07) is 7.65. The maximum atomic E-state index is 12.9. The van der Waals surface area contributed by atoms with Gasteiger partial charge in [-0.3, -0.25) is 18.7 Å². The van der Waals surface area contributed by atoms with E-state index in [0.717, 1.165) is 30.9 Å². The number of benzene rings is 1. The third-order valence-electron chi connectivity index (χ3n) is 5.13. The van der Waals surface area contributed by atoms with E-state index in [-0.39, 0.29) is 5.56 Å². The minimum atomic E-state index is 0.00688. The zero-order valence-corrected chi connectivity index (χ0v) is 16.2. The molecule has 1 aliphatic rings. The first-order valence-corrected chi connectivity index (χ1v) is 9.88. The summed E-state index contributed by atoms with van der Waals surface area (Å²) in [7, 11) is 0. The highest BCUT2D eigenvalue weighted by Gasteiger charge is 2.24. The quantitative estimate of drug-likeness (QED) is 0.598. The van der Waals surface area contributed by atoms with Crippen LogP contribution in [0.4, 0.5) is 0 Å². The molecule has 2 heterocycles. The molecule has 0 spiro atoms. The van der Waals surface area contributed by atoms with Gasteiger partial charge < -0.3 is 0 Å². The second kappa shape index (κ2) is 6.96. The number of aryl methyl sites for hydroxylation is 1. The molecule has 3 aromatic rings. The summed E-state index contributed by atoms with van der Waals surface area (Å²) in [6.07, 6.45) is 3.53. The van der Waals surface area contributed by atoms with Gasteiger partial charge in [0.2, 0.25) is 10.5 Å². The monoisotopic (exact) mass is 371 g/mol. The lowest BCUT2D eigenvalue weighted by atomic mass is 10.2. The first kappa shape index (κ1) is 17.4. The summed E-state index contributed by atoms with van der Waals surface area (Å²) < 4.78 is 6.22. The molecule has 0 saturated heterocycles. The van der Waals surface area contributed by atoms with Gasteiger partial charge in [0.1, 0.15) is 0 Å². The molecule has 0 radical (unpaired) electrons. The van der Waals surface area contributed by atoms with Gasteiger partial charge in [0.05, 0.1) is 17.6 Å². The van der Waals surface area contributed by atoms with Crippen molar-refractivity contribution in [1.29, 1.82) is 0 Å². The van der Waals surface area contributed by atoms with Crippen LogP contribution in [0.25, 0.3) is 16.7 Å². The number of fused-ring (bicyclic) bond motifs is 3. The molecule has 6 nitrogen and oxygen atoms in total. The van der Waals surface area contributed by atoms with Crippen LogP contribution in [-0.4, -0.2) is 36.7 Å². The van der Waals surface area contributed by atoms with Crippen molar-refractivity contribution in [2.75, 3.05) is 13.1 Å². The molecule has 0 atom stereocenters. The van der Waals surface area contributed by atoms with Gasteiger partial charge in [-0.15, -0.1) is 5.10 Å². The summed E-state index contributed by atoms with van der Waals surface area (Å²) in [5.41, 5.74) is 0.841. The zero-order valence-electron chi connectivity index (χ0n) is 15.4. The smallest absolute Gasteiger partial charge is 0.262 e. The lowest BCUT2D eigenvalue weighted by Gasteiger charge is -2.19. The topological polar surface area (TPSA) is 47.5 Å². The maximum absolute atomic E-state index is 12.9. The van der Waals surface area contributed by atoms with Crippen molar-refractivity contribution in [3.63, 3.8) is 0 Å². The Morgan fingerprint density at radius 2 is 2.04 bits per heavy atom. The van der Waals surface area contributed by atoms with E-state index >= 15 is 0 Å². The molecular weight excluding hydrogens is 346 g/mol. The predicted octanol–water partition coefficient (Wildman–Crippen LogP) is 3.28. The van der Waals surface area contributed by atoms with Crippen LogP contribution in [0.5, 0.6) is 0 Å². The summed E-state index contributed by atoms with van der Waals surface area (Å²) in [6.45, 7) is 7.60. The first-order valence-electron chi connectivity index (χ1n) is 9.47. The fraction of sp³-hybridized carbons (Fsp3) is 0.526. The van der Waals surface area contributed by atoms with Gasteiger partial charge in [-0.2, -0.15) is 0 Å². The number of rotatable bonds is 7. The Morgan fingerprint density at radius 1 is 1.27 bits per heavy atom. The Bertz CT molecular complexity index is 1060. The average Bonchev–Trinajstić information content (AvgIpc) is 3.41. The molecule has 1 fully saturated rings. The summed E-state index contributed by atoms with van der Waals surface area (Å²) in [5, 5.41) is 5.44. The van der Waals surface area contributed by atoms with Gasteiger partial charge in [0.25, 0.3) is 5.56 Å². The van der Waals surface area contributed by atoms with E-state index in [1.807, 2.05) is 33.3 Å². The number of aromatic nitrogens is 4. The second-order valence-electron chi connectivity index (χ2n) is 7.15. The van der Waals surface area contributed by atoms with Crippen LogP contribution < -0.4 is 5.56 Å². The van der Waals surface area contributed by atoms with Gasteiger partial charge in [-0.1, -0.05) is 26.0 Å². The van der Waals surface area contributed by atoms with Crippen LogP contribution in [0.1, 0.15) is 33.1 Å². The Labute approximate surface area is 157 Å². The zero-order chi connectivity index (χ0) is 18.3. The lowest BCUT2D eigenvalue weighted by molar-refractivity contribution is 0.208. The Balaban J connectivity index is 1.89. The molecule has 4 rings (SSSR count). The van der Waals surface area contributed by atoms with E-state index < -0.39 is 0 Å². The molecule has 0 aliphatic heterocycles. The third kappa shape index (κ3) is 2.99. The minimum absolute atomic E-state index is 0.00688. The van der Waals surface area contributed by atoms with Crippen molar-refractivity contribution in [3.8, 4) is 0 Å². The van der Waals surface area contributed by atoms with Crippen molar-refractivity contribution in [3.05, 3.63) is 39.4 Å². The molecule has 1 saturated carbocycles. The summed E-state index contributed by atoms with van der Waals surface area (Å²) in [4.78, 5) is 15.3. The van der Waals surface area contributed by atoms with E-state index in [1.165, 1.54) is 12.8 Å². The van der Waals surface area contributed by atoms with Crippen molar-refractivity contribution in [1.82, 2.24) is 23.6 Å². The molecule has 1 aromatic carbocycles. The van der Waals surface area contributed by atoms with Crippen LogP contribution in [0.3, 0.4) is 0 Å². The van der Waals surface area contributed by atoms with E-state index in [4.69, 9.17) is 17.3 Å². The molecule has 0 bridgehead atoms. The van der Waals surface area contributed by atoms with E-state index in [1.54, 1.807) is 4.57 Å². The number of hydrogen-bond acceptors (Lipinski definition) is 4. The van der Waals surface area contributed by atoms with Crippen molar-refractivity contribution >= 4 is 28.9 Å². The van der Waals surface area contributed by atoms with E-state index in [2.05, 4.69) is 18.7 Å². The first-order chi connectivity index (χ1) is 12.6. The van der Waals surface area contributed by atoms with Gasteiger partial charge in [0, 0.05) is 13.1 Å². The summed E-state index contributed by atoms with van der Waals surface area (Å²) >= 11 is 5.76. The molecule has 0 unspecified atom stereocenters. The largest absolute Gasteiger partial charge is 0.284 e. The second-order valence-corrected chi connectivity index (χ2v) is 7.51. The van der Waals surface area contributed by atoms with E-state index in [9.17, 15) is 4.79 Å². The molecule has 26 heavy (non-hydrogen) atoms. The Kier molecular flexibility index (Phi) is 4.67. The van der Waals surface area contributed by atoms with Crippen LogP contribution in [-0.2, 0) is 13.2 Å². The highest BCUT2D eigenvalue weighted by atomic mass is 32.1. The number of para-hydroxylation sites is 1. The van der Waals surface area contributed by atoms with Crippen LogP contribution in [0.15, 0.2) is 29.1 Å². The maximum Gasteiger partial charge on any atom is 0.262 e. The van der Waals surface area contributed by atoms with Gasteiger partial charge in [-0.25, -0.2) is 4.68 Å². The summed E-state index contributed by atoms with van der Waals surface area (Å²) in [5.74, 6) is 1.46. The van der Waals surface area contributed by atoms with Crippen LogP contribution >= 0.6 is 12.2 Å². The third-order valence-corrected chi connectivity index (χ3v) is 5.52. The SMILES string of the molecule is CCCn1c(=O)c2ccccc2n2c(=S)n(CN(CC)CC3CC3)nc12.